The standard InChI is InChI=1S/C16H15Cl2NO3/c1-10(11-6-7-12(17)13(18)8-11)19-16(21)9-22-15-5-3-2-4-14(15)20/h2-8,10,20H,9H2,1H3,(H,19,21). The average Bonchev–Trinajstić information content (AvgIpc) is 2.49. The Bertz CT molecular complexity index is 676. The number of hydrogen-bond donors (Lipinski definition) is 2. The van der Waals surface area contributed by atoms with E-state index in [2.05, 4.69) is 5.32 Å². The smallest absolute Gasteiger partial charge is 0.258 e. The molecule has 0 aliphatic rings. The third-order valence-electron chi connectivity index (χ3n) is 3.05. The van der Waals surface area contributed by atoms with Crippen LogP contribution in [-0.2, 0) is 4.79 Å². The predicted molar refractivity (Wildman–Crippen MR) is 86.6 cm³/mol. The molecule has 0 saturated carbocycles. The Morgan fingerprint density at radius 2 is 1.95 bits per heavy atom. The van der Waals surface area contributed by atoms with Crippen LogP contribution in [0, 0.1) is 0 Å². The third-order valence-corrected chi connectivity index (χ3v) is 3.78. The van der Waals surface area contributed by atoms with Crippen LogP contribution in [-0.4, -0.2) is 17.6 Å². The molecule has 0 heterocycles. The van der Waals surface area contributed by atoms with Gasteiger partial charge in [-0.05, 0) is 36.8 Å². The van der Waals surface area contributed by atoms with Gasteiger partial charge in [0.15, 0.2) is 18.1 Å². The number of rotatable bonds is 5. The molecule has 2 aromatic rings. The zero-order valence-electron chi connectivity index (χ0n) is 11.8. The van der Waals surface area contributed by atoms with Crippen molar-refractivity contribution in [3.63, 3.8) is 0 Å². The fraction of sp³-hybridized carbons (Fsp3) is 0.188. The maximum absolute atomic E-state index is 11.9. The van der Waals surface area contributed by atoms with E-state index in [9.17, 15) is 9.90 Å². The van der Waals surface area contributed by atoms with Crippen molar-refractivity contribution in [3.05, 3.63) is 58.1 Å². The highest BCUT2D eigenvalue weighted by Gasteiger charge is 2.12. The zero-order valence-corrected chi connectivity index (χ0v) is 13.4. The summed E-state index contributed by atoms with van der Waals surface area (Å²) in [6.07, 6.45) is 0. The van der Waals surface area contributed by atoms with Crippen molar-refractivity contribution < 1.29 is 14.6 Å². The van der Waals surface area contributed by atoms with Crippen LogP contribution in [0.1, 0.15) is 18.5 Å². The Kier molecular flexibility index (Phi) is 5.52. The number of para-hydroxylation sites is 2. The number of carbonyl (C=O) groups is 1. The van der Waals surface area contributed by atoms with Crippen LogP contribution >= 0.6 is 23.2 Å². The van der Waals surface area contributed by atoms with Gasteiger partial charge in [0.2, 0.25) is 0 Å². The number of hydrogen-bond acceptors (Lipinski definition) is 3. The summed E-state index contributed by atoms with van der Waals surface area (Å²) in [6.45, 7) is 1.64. The highest BCUT2D eigenvalue weighted by molar-refractivity contribution is 6.42. The van der Waals surface area contributed by atoms with Gasteiger partial charge in [-0.25, -0.2) is 0 Å². The number of aromatic hydroxyl groups is 1. The molecule has 0 fully saturated rings. The molecule has 2 aromatic carbocycles. The van der Waals surface area contributed by atoms with Gasteiger partial charge in [-0.15, -0.1) is 0 Å². The first kappa shape index (κ1) is 16.5. The Labute approximate surface area is 138 Å². The zero-order chi connectivity index (χ0) is 16.1. The van der Waals surface area contributed by atoms with E-state index in [1.807, 2.05) is 6.92 Å². The first-order valence-corrected chi connectivity index (χ1v) is 7.38. The molecule has 0 bridgehead atoms. The van der Waals surface area contributed by atoms with Crippen molar-refractivity contribution in [1.82, 2.24) is 5.32 Å². The van der Waals surface area contributed by atoms with E-state index in [1.54, 1.807) is 36.4 Å². The first-order chi connectivity index (χ1) is 10.5. The van der Waals surface area contributed by atoms with E-state index in [4.69, 9.17) is 27.9 Å². The maximum Gasteiger partial charge on any atom is 0.258 e. The molecule has 6 heteroatoms. The summed E-state index contributed by atoms with van der Waals surface area (Å²) in [5.74, 6) is -0.0468. The van der Waals surface area contributed by atoms with Crippen LogP contribution in [0.3, 0.4) is 0 Å². The Hall–Kier alpha value is -1.91. The van der Waals surface area contributed by atoms with Crippen molar-refractivity contribution in [2.75, 3.05) is 6.61 Å². The molecule has 1 unspecified atom stereocenters. The Morgan fingerprint density at radius 3 is 2.64 bits per heavy atom. The molecule has 2 rings (SSSR count). The monoisotopic (exact) mass is 339 g/mol. The molecule has 22 heavy (non-hydrogen) atoms. The number of phenols is 1. The van der Waals surface area contributed by atoms with Gasteiger partial charge in [0.25, 0.3) is 5.91 Å². The van der Waals surface area contributed by atoms with Gasteiger partial charge in [0.05, 0.1) is 16.1 Å². The van der Waals surface area contributed by atoms with Crippen molar-refractivity contribution in [2.24, 2.45) is 0 Å². The summed E-state index contributed by atoms with van der Waals surface area (Å²) in [7, 11) is 0. The summed E-state index contributed by atoms with van der Waals surface area (Å²) >= 11 is 11.8. The number of ether oxygens (including phenoxy) is 1. The van der Waals surface area contributed by atoms with Crippen LogP contribution < -0.4 is 10.1 Å². The van der Waals surface area contributed by atoms with E-state index in [0.717, 1.165) is 5.56 Å². The minimum absolute atomic E-state index is 0.00664. The lowest BCUT2D eigenvalue weighted by atomic mass is 10.1. The highest BCUT2D eigenvalue weighted by atomic mass is 35.5. The summed E-state index contributed by atoms with van der Waals surface area (Å²) in [5, 5.41) is 13.2. The molecular formula is C16H15Cl2NO3. The molecule has 0 spiro atoms. The Balaban J connectivity index is 1.91. The molecule has 4 nitrogen and oxygen atoms in total. The molecule has 1 amide bonds. The number of carbonyl (C=O) groups excluding carboxylic acids is 1. The fourth-order valence-electron chi connectivity index (χ4n) is 1.87. The molecule has 1 atom stereocenters. The topological polar surface area (TPSA) is 58.6 Å². The van der Waals surface area contributed by atoms with E-state index in [1.165, 1.54) is 6.07 Å². The van der Waals surface area contributed by atoms with Crippen LogP contribution in [0.5, 0.6) is 11.5 Å². The molecule has 0 aliphatic heterocycles. The van der Waals surface area contributed by atoms with Crippen LogP contribution in [0.15, 0.2) is 42.5 Å². The molecule has 0 saturated heterocycles. The van der Waals surface area contributed by atoms with Crippen molar-refractivity contribution >= 4 is 29.1 Å². The summed E-state index contributed by atoms with van der Waals surface area (Å²) in [6, 6.07) is 11.4. The second kappa shape index (κ2) is 7.38. The second-order valence-corrected chi connectivity index (χ2v) is 5.53. The van der Waals surface area contributed by atoms with Gasteiger partial charge >= 0.3 is 0 Å². The van der Waals surface area contributed by atoms with Gasteiger partial charge in [-0.1, -0.05) is 41.4 Å². The van der Waals surface area contributed by atoms with Crippen molar-refractivity contribution in [2.45, 2.75) is 13.0 Å². The number of benzene rings is 2. The van der Waals surface area contributed by atoms with Crippen molar-refractivity contribution in [1.29, 1.82) is 0 Å². The Morgan fingerprint density at radius 1 is 1.23 bits per heavy atom. The molecule has 116 valence electrons. The maximum atomic E-state index is 11.9. The van der Waals surface area contributed by atoms with Gasteiger partial charge < -0.3 is 15.2 Å². The lowest BCUT2D eigenvalue weighted by Crippen LogP contribution is -2.31. The molecular weight excluding hydrogens is 325 g/mol. The molecule has 0 aromatic heterocycles. The number of halogens is 2. The minimum atomic E-state index is -0.304. The van der Waals surface area contributed by atoms with E-state index in [-0.39, 0.29) is 30.1 Å². The van der Waals surface area contributed by atoms with E-state index >= 15 is 0 Å². The minimum Gasteiger partial charge on any atom is -0.504 e. The lowest BCUT2D eigenvalue weighted by molar-refractivity contribution is -0.123. The van der Waals surface area contributed by atoms with Gasteiger partial charge in [0, 0.05) is 0 Å². The van der Waals surface area contributed by atoms with Crippen LogP contribution in [0.4, 0.5) is 0 Å². The SMILES string of the molecule is CC(NC(=O)COc1ccccc1O)c1ccc(Cl)c(Cl)c1. The average molecular weight is 340 g/mol. The number of phenolic OH excluding ortho intramolecular Hbond substituents is 1. The summed E-state index contributed by atoms with van der Waals surface area (Å²) < 4.78 is 5.27. The van der Waals surface area contributed by atoms with Crippen LogP contribution in [0.2, 0.25) is 10.0 Å². The van der Waals surface area contributed by atoms with Gasteiger partial charge in [-0.3, -0.25) is 4.79 Å². The third kappa shape index (κ3) is 4.29. The molecule has 2 N–H and O–H groups in total. The number of nitrogens with one attached hydrogen (secondary N) is 1. The fourth-order valence-corrected chi connectivity index (χ4v) is 2.18. The van der Waals surface area contributed by atoms with Crippen molar-refractivity contribution in [3.8, 4) is 11.5 Å². The lowest BCUT2D eigenvalue weighted by Gasteiger charge is -2.15. The highest BCUT2D eigenvalue weighted by Crippen LogP contribution is 2.26. The van der Waals surface area contributed by atoms with E-state index < -0.39 is 0 Å². The van der Waals surface area contributed by atoms with Crippen LogP contribution in [0.25, 0.3) is 0 Å². The normalized spacial score (nSPS) is 11.8. The largest absolute Gasteiger partial charge is 0.504 e. The quantitative estimate of drug-likeness (QED) is 0.866. The second-order valence-electron chi connectivity index (χ2n) is 4.72. The number of amides is 1. The van der Waals surface area contributed by atoms with Gasteiger partial charge in [-0.2, -0.15) is 0 Å². The van der Waals surface area contributed by atoms with Gasteiger partial charge in [0.1, 0.15) is 0 Å². The first-order valence-electron chi connectivity index (χ1n) is 6.62. The van der Waals surface area contributed by atoms with E-state index in [0.29, 0.717) is 10.0 Å². The summed E-state index contributed by atoms with van der Waals surface area (Å²) in [4.78, 5) is 11.9. The summed E-state index contributed by atoms with van der Waals surface area (Å²) in [5.41, 5.74) is 0.838. The molecule has 0 radical (unpaired) electrons. The molecule has 0 aliphatic carbocycles. The predicted octanol–water partition coefficient (Wildman–Crippen LogP) is 3.96.